The molecule has 0 atom stereocenters. The van der Waals surface area contributed by atoms with Crippen LogP contribution in [0.5, 0.6) is 5.75 Å². The third-order valence-corrected chi connectivity index (χ3v) is 1.79. The van der Waals surface area contributed by atoms with Crippen LogP contribution >= 0.6 is 0 Å². The van der Waals surface area contributed by atoms with Crippen molar-refractivity contribution < 1.29 is 4.74 Å². The third kappa shape index (κ3) is 2.29. The Balaban J connectivity index is 1.96. The lowest BCUT2D eigenvalue weighted by Gasteiger charge is -2.04. The molecule has 0 aliphatic heterocycles. The molecule has 2 rings (SSSR count). The van der Waals surface area contributed by atoms with Crippen LogP contribution in [0, 0.1) is 0 Å². The maximum absolute atomic E-state index is 5.47. The highest BCUT2D eigenvalue weighted by molar-refractivity contribution is 5.16. The van der Waals surface area contributed by atoms with Gasteiger partial charge in [-0.1, -0.05) is 30.3 Å². The van der Waals surface area contributed by atoms with Gasteiger partial charge in [0.05, 0.1) is 12.4 Å². The van der Waals surface area contributed by atoms with Crippen LogP contribution in [-0.4, -0.2) is 9.97 Å². The summed E-state index contributed by atoms with van der Waals surface area (Å²) in [5.74, 6) is 0.691. The Morgan fingerprint density at radius 1 is 1.00 bits per heavy atom. The van der Waals surface area contributed by atoms with Crippen molar-refractivity contribution in [2.75, 3.05) is 0 Å². The summed E-state index contributed by atoms with van der Waals surface area (Å²) in [6.45, 7) is 0.550. The molecular formula is C11H10N2O. The Morgan fingerprint density at radius 3 is 2.43 bits per heavy atom. The topological polar surface area (TPSA) is 35.0 Å². The first-order chi connectivity index (χ1) is 6.95. The molecule has 0 N–H and O–H groups in total. The number of rotatable bonds is 3. The van der Waals surface area contributed by atoms with Gasteiger partial charge in [-0.05, 0) is 5.56 Å². The number of hydrogen-bond acceptors (Lipinski definition) is 3. The Kier molecular flexibility index (Phi) is 2.71. The van der Waals surface area contributed by atoms with Gasteiger partial charge < -0.3 is 4.74 Å². The van der Waals surface area contributed by atoms with Crippen LogP contribution in [0.15, 0.2) is 49.1 Å². The molecule has 0 aliphatic rings. The molecule has 0 amide bonds. The highest BCUT2D eigenvalue weighted by Crippen LogP contribution is 2.08. The van der Waals surface area contributed by atoms with Crippen LogP contribution in [0.4, 0.5) is 0 Å². The van der Waals surface area contributed by atoms with E-state index in [9.17, 15) is 0 Å². The minimum atomic E-state index is 0.550. The molecule has 1 aromatic carbocycles. The van der Waals surface area contributed by atoms with Crippen LogP contribution in [0.1, 0.15) is 5.56 Å². The van der Waals surface area contributed by atoms with Crippen LogP contribution in [0.3, 0.4) is 0 Å². The molecule has 0 spiro atoms. The molecular weight excluding hydrogens is 176 g/mol. The molecule has 3 nitrogen and oxygen atoms in total. The molecule has 0 aliphatic carbocycles. The molecule has 1 aromatic heterocycles. The standard InChI is InChI=1S/C11H10N2O/c1-2-4-10(5-3-1)8-14-11-6-12-9-13-7-11/h1-7,9H,8H2. The Morgan fingerprint density at radius 2 is 1.71 bits per heavy atom. The lowest BCUT2D eigenvalue weighted by molar-refractivity contribution is 0.303. The van der Waals surface area contributed by atoms with Gasteiger partial charge in [0.1, 0.15) is 12.9 Å². The van der Waals surface area contributed by atoms with E-state index in [1.807, 2.05) is 30.3 Å². The highest BCUT2D eigenvalue weighted by Gasteiger charge is 1.94. The van der Waals surface area contributed by atoms with Gasteiger partial charge in [-0.2, -0.15) is 0 Å². The summed E-state index contributed by atoms with van der Waals surface area (Å²) >= 11 is 0. The zero-order valence-electron chi connectivity index (χ0n) is 7.63. The summed E-state index contributed by atoms with van der Waals surface area (Å²) in [6.07, 6.45) is 4.78. The fourth-order valence-corrected chi connectivity index (χ4v) is 1.10. The minimum absolute atomic E-state index is 0.550. The average Bonchev–Trinajstić information content (AvgIpc) is 2.29. The van der Waals surface area contributed by atoms with Gasteiger partial charge in [-0.3, -0.25) is 0 Å². The van der Waals surface area contributed by atoms with Crippen molar-refractivity contribution in [3.05, 3.63) is 54.6 Å². The van der Waals surface area contributed by atoms with Crippen LogP contribution < -0.4 is 4.74 Å². The first-order valence-electron chi connectivity index (χ1n) is 4.37. The lowest BCUT2D eigenvalue weighted by Crippen LogP contribution is -1.95. The SMILES string of the molecule is c1ccc(COc2cncnc2)cc1. The molecule has 2 aromatic rings. The average molecular weight is 186 g/mol. The Bertz CT molecular complexity index is 336. The third-order valence-electron chi connectivity index (χ3n) is 1.79. The first-order valence-corrected chi connectivity index (χ1v) is 4.37. The maximum Gasteiger partial charge on any atom is 0.156 e. The van der Waals surface area contributed by atoms with Crippen molar-refractivity contribution in [2.24, 2.45) is 0 Å². The predicted molar refractivity (Wildman–Crippen MR) is 52.8 cm³/mol. The van der Waals surface area contributed by atoms with Gasteiger partial charge in [0, 0.05) is 0 Å². The van der Waals surface area contributed by atoms with Crippen molar-refractivity contribution in [2.45, 2.75) is 6.61 Å². The van der Waals surface area contributed by atoms with Crippen molar-refractivity contribution in [3.8, 4) is 5.75 Å². The normalized spacial score (nSPS) is 9.71. The van der Waals surface area contributed by atoms with Gasteiger partial charge in [0.15, 0.2) is 5.75 Å². The van der Waals surface area contributed by atoms with Crippen molar-refractivity contribution in [1.29, 1.82) is 0 Å². The molecule has 0 saturated carbocycles. The van der Waals surface area contributed by atoms with Crippen LogP contribution in [0.2, 0.25) is 0 Å². The molecule has 0 radical (unpaired) electrons. The molecule has 0 fully saturated rings. The second-order valence-corrected chi connectivity index (χ2v) is 2.85. The number of benzene rings is 1. The van der Waals surface area contributed by atoms with E-state index < -0.39 is 0 Å². The predicted octanol–water partition coefficient (Wildman–Crippen LogP) is 2.06. The Hall–Kier alpha value is -1.90. The van der Waals surface area contributed by atoms with Crippen molar-refractivity contribution >= 4 is 0 Å². The maximum atomic E-state index is 5.47. The fourth-order valence-electron chi connectivity index (χ4n) is 1.10. The quantitative estimate of drug-likeness (QED) is 0.735. The smallest absolute Gasteiger partial charge is 0.156 e. The molecule has 14 heavy (non-hydrogen) atoms. The summed E-state index contributed by atoms with van der Waals surface area (Å²) in [5.41, 5.74) is 1.14. The monoisotopic (exact) mass is 186 g/mol. The summed E-state index contributed by atoms with van der Waals surface area (Å²) < 4.78 is 5.47. The fraction of sp³-hybridized carbons (Fsp3) is 0.0909. The van der Waals surface area contributed by atoms with Crippen molar-refractivity contribution in [3.63, 3.8) is 0 Å². The van der Waals surface area contributed by atoms with E-state index in [2.05, 4.69) is 9.97 Å². The zero-order chi connectivity index (χ0) is 9.64. The number of ether oxygens (including phenoxy) is 1. The first kappa shape index (κ1) is 8.69. The number of hydrogen-bond donors (Lipinski definition) is 0. The zero-order valence-corrected chi connectivity index (χ0v) is 7.63. The molecule has 1 heterocycles. The number of nitrogens with zero attached hydrogens (tertiary/aromatic N) is 2. The summed E-state index contributed by atoms with van der Waals surface area (Å²) in [7, 11) is 0. The Labute approximate surface area is 82.4 Å². The van der Waals surface area contributed by atoms with E-state index >= 15 is 0 Å². The van der Waals surface area contributed by atoms with Gasteiger partial charge >= 0.3 is 0 Å². The number of aromatic nitrogens is 2. The second kappa shape index (κ2) is 4.37. The molecule has 0 bridgehead atoms. The highest BCUT2D eigenvalue weighted by atomic mass is 16.5. The molecule has 0 saturated heterocycles. The van der Waals surface area contributed by atoms with E-state index in [1.165, 1.54) is 6.33 Å². The minimum Gasteiger partial charge on any atom is -0.486 e. The summed E-state index contributed by atoms with van der Waals surface area (Å²) in [6, 6.07) is 9.99. The van der Waals surface area contributed by atoms with E-state index in [-0.39, 0.29) is 0 Å². The van der Waals surface area contributed by atoms with Crippen molar-refractivity contribution in [1.82, 2.24) is 9.97 Å². The summed E-state index contributed by atoms with van der Waals surface area (Å²) in [5, 5.41) is 0. The van der Waals surface area contributed by atoms with Gasteiger partial charge in [0.2, 0.25) is 0 Å². The van der Waals surface area contributed by atoms with E-state index in [0.29, 0.717) is 12.4 Å². The summed E-state index contributed by atoms with van der Waals surface area (Å²) in [4.78, 5) is 7.72. The van der Waals surface area contributed by atoms with E-state index in [0.717, 1.165) is 5.56 Å². The molecule has 0 unspecified atom stereocenters. The second-order valence-electron chi connectivity index (χ2n) is 2.85. The van der Waals surface area contributed by atoms with E-state index in [4.69, 9.17) is 4.74 Å². The van der Waals surface area contributed by atoms with Crippen LogP contribution in [0.25, 0.3) is 0 Å². The van der Waals surface area contributed by atoms with Gasteiger partial charge in [-0.25, -0.2) is 9.97 Å². The van der Waals surface area contributed by atoms with Crippen LogP contribution in [-0.2, 0) is 6.61 Å². The molecule has 3 heteroatoms. The van der Waals surface area contributed by atoms with Gasteiger partial charge in [0.25, 0.3) is 0 Å². The van der Waals surface area contributed by atoms with Gasteiger partial charge in [-0.15, -0.1) is 0 Å². The van der Waals surface area contributed by atoms with E-state index in [1.54, 1.807) is 12.4 Å². The molecule has 70 valence electrons. The lowest BCUT2D eigenvalue weighted by atomic mass is 10.2. The largest absolute Gasteiger partial charge is 0.486 e.